The Morgan fingerprint density at radius 2 is 1.83 bits per heavy atom. The molecular formula is C19H21F3N4O4. The number of alkyl halides is 3. The Hall–Kier alpha value is -3.24. The molecule has 1 aromatic heterocycles. The van der Waals surface area contributed by atoms with Crippen LogP contribution in [0.5, 0.6) is 17.5 Å². The summed E-state index contributed by atoms with van der Waals surface area (Å²) >= 11 is 0. The Kier molecular flexibility index (Phi) is 6.80. The highest BCUT2D eigenvalue weighted by molar-refractivity contribution is 5.91. The van der Waals surface area contributed by atoms with E-state index >= 15 is 0 Å². The number of aromatic nitrogens is 2. The predicted molar refractivity (Wildman–Crippen MR) is 101 cm³/mol. The zero-order valence-electron chi connectivity index (χ0n) is 16.1. The topological polar surface area (TPSA) is 94.6 Å². The molecule has 1 saturated carbocycles. The summed E-state index contributed by atoms with van der Waals surface area (Å²) in [6.07, 6.45) is 1.11. The lowest BCUT2D eigenvalue weighted by atomic mass is 9.93. The molecule has 2 amide bonds. The molecule has 2 N–H and O–H groups in total. The van der Waals surface area contributed by atoms with Crippen molar-refractivity contribution in [1.82, 2.24) is 15.3 Å². The molecule has 2 aromatic rings. The van der Waals surface area contributed by atoms with Gasteiger partial charge in [0.05, 0.1) is 12.8 Å². The highest BCUT2D eigenvalue weighted by atomic mass is 19.4. The van der Waals surface area contributed by atoms with Crippen LogP contribution >= 0.6 is 0 Å². The minimum atomic E-state index is -4.83. The first-order chi connectivity index (χ1) is 14.3. The molecule has 11 heteroatoms. The van der Waals surface area contributed by atoms with E-state index in [9.17, 15) is 18.0 Å². The number of hydrogen-bond acceptors (Lipinski definition) is 6. The van der Waals surface area contributed by atoms with Gasteiger partial charge >= 0.3 is 18.4 Å². The van der Waals surface area contributed by atoms with Crippen molar-refractivity contribution >= 4 is 11.7 Å². The maximum absolute atomic E-state index is 12.4. The molecule has 0 spiro atoms. The van der Waals surface area contributed by atoms with Crippen molar-refractivity contribution in [2.45, 2.75) is 44.2 Å². The van der Waals surface area contributed by atoms with Crippen molar-refractivity contribution in [2.75, 3.05) is 12.4 Å². The van der Waals surface area contributed by atoms with Gasteiger partial charge in [-0.15, -0.1) is 13.2 Å². The lowest BCUT2D eigenvalue weighted by Crippen LogP contribution is -2.41. The number of urea groups is 1. The normalized spacial score (nSPS) is 18.9. The van der Waals surface area contributed by atoms with E-state index in [1.807, 2.05) is 0 Å². The average molecular weight is 426 g/mol. The molecule has 1 heterocycles. The van der Waals surface area contributed by atoms with E-state index in [-0.39, 0.29) is 23.6 Å². The summed E-state index contributed by atoms with van der Waals surface area (Å²) in [4.78, 5) is 20.4. The molecular weight excluding hydrogens is 405 g/mol. The van der Waals surface area contributed by atoms with Gasteiger partial charge in [0, 0.05) is 24.5 Å². The number of ether oxygens (including phenoxy) is 3. The SMILES string of the molecule is COc1ccc(OC(F)(F)F)cc1NC(=O)NC1CCC(Oc2ncccn2)CC1. The molecule has 3 rings (SSSR count). The van der Waals surface area contributed by atoms with E-state index in [2.05, 4.69) is 25.3 Å². The Balaban J connectivity index is 1.51. The molecule has 0 radical (unpaired) electrons. The number of nitrogens with zero attached hydrogens (tertiary/aromatic N) is 2. The van der Waals surface area contributed by atoms with E-state index in [0.717, 1.165) is 12.1 Å². The lowest BCUT2D eigenvalue weighted by molar-refractivity contribution is -0.274. The molecule has 1 aliphatic rings. The maximum atomic E-state index is 12.4. The highest BCUT2D eigenvalue weighted by Gasteiger charge is 2.31. The number of halogens is 3. The van der Waals surface area contributed by atoms with Crippen LogP contribution in [-0.4, -0.2) is 41.6 Å². The van der Waals surface area contributed by atoms with Crippen molar-refractivity contribution in [3.05, 3.63) is 36.7 Å². The minimum absolute atomic E-state index is 0.0372. The molecule has 0 aliphatic heterocycles. The minimum Gasteiger partial charge on any atom is -0.495 e. The van der Waals surface area contributed by atoms with Gasteiger partial charge in [-0.1, -0.05) is 0 Å². The first-order valence-corrected chi connectivity index (χ1v) is 9.27. The molecule has 162 valence electrons. The quantitative estimate of drug-likeness (QED) is 0.728. The molecule has 0 bridgehead atoms. The van der Waals surface area contributed by atoms with Gasteiger partial charge < -0.3 is 24.8 Å². The van der Waals surface area contributed by atoms with Crippen LogP contribution in [0, 0.1) is 0 Å². The van der Waals surface area contributed by atoms with Gasteiger partial charge in [-0.3, -0.25) is 0 Å². The fourth-order valence-corrected chi connectivity index (χ4v) is 3.15. The van der Waals surface area contributed by atoms with Crippen LogP contribution in [0.25, 0.3) is 0 Å². The maximum Gasteiger partial charge on any atom is 0.573 e. The average Bonchev–Trinajstić information content (AvgIpc) is 2.69. The van der Waals surface area contributed by atoms with Gasteiger partial charge in [-0.05, 0) is 43.9 Å². The van der Waals surface area contributed by atoms with Crippen LogP contribution in [0.2, 0.25) is 0 Å². The first-order valence-electron chi connectivity index (χ1n) is 9.27. The van der Waals surface area contributed by atoms with Gasteiger partial charge in [0.2, 0.25) is 0 Å². The number of rotatable bonds is 6. The highest BCUT2D eigenvalue weighted by Crippen LogP contribution is 2.32. The van der Waals surface area contributed by atoms with Crippen molar-refractivity contribution in [2.24, 2.45) is 0 Å². The number of hydrogen-bond donors (Lipinski definition) is 2. The zero-order valence-corrected chi connectivity index (χ0v) is 16.1. The molecule has 30 heavy (non-hydrogen) atoms. The second kappa shape index (κ2) is 9.51. The van der Waals surface area contributed by atoms with E-state index < -0.39 is 18.1 Å². The van der Waals surface area contributed by atoms with E-state index in [0.29, 0.717) is 31.7 Å². The second-order valence-electron chi connectivity index (χ2n) is 6.63. The van der Waals surface area contributed by atoms with Crippen LogP contribution in [0.4, 0.5) is 23.7 Å². The van der Waals surface area contributed by atoms with Gasteiger partial charge in [-0.2, -0.15) is 0 Å². The fraction of sp³-hybridized carbons (Fsp3) is 0.421. The van der Waals surface area contributed by atoms with Crippen LogP contribution < -0.4 is 24.8 Å². The molecule has 0 saturated heterocycles. The van der Waals surface area contributed by atoms with Gasteiger partial charge in [-0.25, -0.2) is 14.8 Å². The van der Waals surface area contributed by atoms with Gasteiger partial charge in [0.1, 0.15) is 17.6 Å². The summed E-state index contributed by atoms with van der Waals surface area (Å²) in [6.45, 7) is 0. The fourth-order valence-electron chi connectivity index (χ4n) is 3.15. The van der Waals surface area contributed by atoms with Gasteiger partial charge in [0.25, 0.3) is 0 Å². The largest absolute Gasteiger partial charge is 0.573 e. The Morgan fingerprint density at radius 1 is 1.13 bits per heavy atom. The molecule has 1 aromatic carbocycles. The smallest absolute Gasteiger partial charge is 0.495 e. The Morgan fingerprint density at radius 3 is 2.47 bits per heavy atom. The van der Waals surface area contributed by atoms with Crippen LogP contribution in [-0.2, 0) is 0 Å². The molecule has 1 fully saturated rings. The van der Waals surface area contributed by atoms with E-state index in [4.69, 9.17) is 9.47 Å². The number of amides is 2. The number of benzene rings is 1. The lowest BCUT2D eigenvalue weighted by Gasteiger charge is -2.28. The van der Waals surface area contributed by atoms with E-state index in [1.54, 1.807) is 18.5 Å². The molecule has 0 unspecified atom stereocenters. The van der Waals surface area contributed by atoms with E-state index in [1.165, 1.54) is 13.2 Å². The molecule has 8 nitrogen and oxygen atoms in total. The number of carbonyl (C=O) groups excluding carboxylic acids is 1. The first kappa shape index (κ1) is 21.5. The number of nitrogens with one attached hydrogen (secondary N) is 2. The number of carbonyl (C=O) groups is 1. The monoisotopic (exact) mass is 426 g/mol. The second-order valence-corrected chi connectivity index (χ2v) is 6.63. The summed E-state index contributed by atoms with van der Waals surface area (Å²) in [5.41, 5.74) is 0.0648. The summed E-state index contributed by atoms with van der Waals surface area (Å²) < 4.78 is 52.0. The summed E-state index contributed by atoms with van der Waals surface area (Å²) in [6, 6.07) is 4.82. The third kappa shape index (κ3) is 6.39. The third-order valence-electron chi connectivity index (χ3n) is 4.48. The van der Waals surface area contributed by atoms with Crippen molar-refractivity contribution in [3.63, 3.8) is 0 Å². The Labute approximate surface area is 170 Å². The summed E-state index contributed by atoms with van der Waals surface area (Å²) in [5.74, 6) is -0.251. The standard InChI is InChI=1S/C19H21F3N4O4/c1-28-16-8-7-14(30-19(20,21)22)11-15(16)26-17(27)25-12-3-5-13(6-4-12)29-18-23-9-2-10-24-18/h2,7-13H,3-6H2,1H3,(H2,25,26,27). The van der Waals surface area contributed by atoms with Crippen molar-refractivity contribution in [1.29, 1.82) is 0 Å². The van der Waals surface area contributed by atoms with Crippen molar-refractivity contribution < 1.29 is 32.2 Å². The van der Waals surface area contributed by atoms with Crippen molar-refractivity contribution in [3.8, 4) is 17.5 Å². The number of methoxy groups -OCH3 is 1. The molecule has 1 aliphatic carbocycles. The molecule has 0 atom stereocenters. The van der Waals surface area contributed by atoms with Crippen LogP contribution in [0.3, 0.4) is 0 Å². The summed E-state index contributed by atoms with van der Waals surface area (Å²) in [7, 11) is 1.35. The summed E-state index contributed by atoms with van der Waals surface area (Å²) in [5, 5.41) is 5.33. The zero-order chi connectivity index (χ0) is 21.6. The van der Waals surface area contributed by atoms with Crippen LogP contribution in [0.15, 0.2) is 36.7 Å². The Bertz CT molecular complexity index is 843. The predicted octanol–water partition coefficient (Wildman–Crippen LogP) is 3.90. The van der Waals surface area contributed by atoms with Gasteiger partial charge in [0.15, 0.2) is 0 Å². The van der Waals surface area contributed by atoms with Crippen LogP contribution in [0.1, 0.15) is 25.7 Å². The number of anilines is 1. The third-order valence-corrected chi connectivity index (χ3v) is 4.48.